The molecule has 1 aromatic rings. The van der Waals surface area contributed by atoms with Crippen LogP contribution in [0.1, 0.15) is 39.0 Å². The summed E-state index contributed by atoms with van der Waals surface area (Å²) in [7, 11) is 0. The maximum atomic E-state index is 11.0. The van der Waals surface area contributed by atoms with Gasteiger partial charge in [0, 0.05) is 12.6 Å². The van der Waals surface area contributed by atoms with Gasteiger partial charge in [-0.2, -0.15) is 4.98 Å². The number of nitrogens with zero attached hydrogens (tertiary/aromatic N) is 2. The van der Waals surface area contributed by atoms with Gasteiger partial charge in [0.25, 0.3) is 5.88 Å². The summed E-state index contributed by atoms with van der Waals surface area (Å²) in [6.45, 7) is 3.36. The average Bonchev–Trinajstić information content (AvgIpc) is 2.96. The van der Waals surface area contributed by atoms with E-state index in [1.165, 1.54) is 18.9 Å². The molecule has 6 heteroatoms. The molecule has 1 aliphatic carbocycles. The standard InChI is InChI=1S/C14H21N3O3/c1-2-9-15-13-8-7-12(17(18)19)14(16-13)20-10-11-5-3-4-6-11/h7-8,11H,2-6,9-10H2,1H3,(H,15,16). The molecule has 110 valence electrons. The van der Waals surface area contributed by atoms with Gasteiger partial charge in [0.2, 0.25) is 0 Å². The van der Waals surface area contributed by atoms with Crippen LogP contribution in [0.25, 0.3) is 0 Å². The van der Waals surface area contributed by atoms with Gasteiger partial charge in [-0.1, -0.05) is 19.8 Å². The zero-order valence-corrected chi connectivity index (χ0v) is 11.8. The lowest BCUT2D eigenvalue weighted by atomic mass is 10.1. The van der Waals surface area contributed by atoms with Crippen LogP contribution < -0.4 is 10.1 Å². The maximum absolute atomic E-state index is 11.0. The number of hydrogen-bond acceptors (Lipinski definition) is 5. The first-order valence-corrected chi connectivity index (χ1v) is 7.22. The molecule has 1 aromatic heterocycles. The van der Waals surface area contributed by atoms with Crippen LogP contribution in [0, 0.1) is 16.0 Å². The highest BCUT2D eigenvalue weighted by Gasteiger charge is 2.21. The Morgan fingerprint density at radius 2 is 2.20 bits per heavy atom. The Morgan fingerprint density at radius 3 is 2.85 bits per heavy atom. The van der Waals surface area contributed by atoms with Crippen LogP contribution in [-0.2, 0) is 0 Å². The van der Waals surface area contributed by atoms with E-state index in [0.29, 0.717) is 18.3 Å². The number of pyridine rings is 1. The van der Waals surface area contributed by atoms with E-state index in [2.05, 4.69) is 17.2 Å². The summed E-state index contributed by atoms with van der Waals surface area (Å²) in [6, 6.07) is 3.07. The highest BCUT2D eigenvalue weighted by Crippen LogP contribution is 2.29. The molecular formula is C14H21N3O3. The summed E-state index contributed by atoms with van der Waals surface area (Å²) in [6.07, 6.45) is 5.70. The van der Waals surface area contributed by atoms with E-state index in [9.17, 15) is 10.1 Å². The Balaban J connectivity index is 2.06. The van der Waals surface area contributed by atoms with Crippen molar-refractivity contribution in [1.82, 2.24) is 4.98 Å². The molecule has 1 N–H and O–H groups in total. The molecule has 0 saturated heterocycles. The van der Waals surface area contributed by atoms with Gasteiger partial charge >= 0.3 is 5.69 Å². The monoisotopic (exact) mass is 279 g/mol. The van der Waals surface area contributed by atoms with Gasteiger partial charge in [-0.25, -0.2) is 0 Å². The molecule has 0 unspecified atom stereocenters. The molecule has 1 heterocycles. The first-order valence-electron chi connectivity index (χ1n) is 7.22. The van der Waals surface area contributed by atoms with Crippen molar-refractivity contribution in [1.29, 1.82) is 0 Å². The van der Waals surface area contributed by atoms with E-state index >= 15 is 0 Å². The molecule has 0 amide bonds. The largest absolute Gasteiger partial charge is 0.472 e. The predicted molar refractivity (Wildman–Crippen MR) is 77.1 cm³/mol. The average molecular weight is 279 g/mol. The van der Waals surface area contributed by atoms with Gasteiger partial charge in [0.1, 0.15) is 5.82 Å². The second-order valence-electron chi connectivity index (χ2n) is 5.17. The number of nitro groups is 1. The van der Waals surface area contributed by atoms with Crippen molar-refractivity contribution >= 4 is 11.5 Å². The van der Waals surface area contributed by atoms with Crippen LogP contribution in [0.2, 0.25) is 0 Å². The van der Waals surface area contributed by atoms with Gasteiger partial charge in [0.05, 0.1) is 11.5 Å². The zero-order valence-electron chi connectivity index (χ0n) is 11.8. The Hall–Kier alpha value is -1.85. The minimum Gasteiger partial charge on any atom is -0.472 e. The van der Waals surface area contributed by atoms with Crippen LogP contribution in [0.5, 0.6) is 5.88 Å². The van der Waals surface area contributed by atoms with Gasteiger partial charge in [-0.05, 0) is 31.2 Å². The molecule has 1 aliphatic rings. The fourth-order valence-electron chi connectivity index (χ4n) is 2.40. The van der Waals surface area contributed by atoms with E-state index in [0.717, 1.165) is 25.8 Å². The Labute approximate surface area is 118 Å². The fourth-order valence-corrected chi connectivity index (χ4v) is 2.40. The summed E-state index contributed by atoms with van der Waals surface area (Å²) < 4.78 is 5.61. The van der Waals surface area contributed by atoms with Gasteiger partial charge in [0.15, 0.2) is 0 Å². The lowest BCUT2D eigenvalue weighted by molar-refractivity contribution is -0.386. The number of ether oxygens (including phenoxy) is 1. The minimum absolute atomic E-state index is 0.0648. The smallest absolute Gasteiger partial charge is 0.331 e. The third kappa shape index (κ3) is 3.82. The first-order chi connectivity index (χ1) is 9.70. The summed E-state index contributed by atoms with van der Waals surface area (Å²) in [5.41, 5.74) is -0.0648. The third-order valence-corrected chi connectivity index (χ3v) is 3.52. The quantitative estimate of drug-likeness (QED) is 0.611. The Morgan fingerprint density at radius 1 is 1.45 bits per heavy atom. The molecule has 0 radical (unpaired) electrons. The van der Waals surface area contributed by atoms with Crippen LogP contribution in [0.15, 0.2) is 12.1 Å². The molecule has 0 aromatic carbocycles. The molecule has 1 fully saturated rings. The van der Waals surface area contributed by atoms with Crippen molar-refractivity contribution in [2.75, 3.05) is 18.5 Å². The zero-order chi connectivity index (χ0) is 14.4. The van der Waals surface area contributed by atoms with Crippen molar-refractivity contribution < 1.29 is 9.66 Å². The SMILES string of the molecule is CCCNc1ccc([N+](=O)[O-])c(OCC2CCCC2)n1. The fraction of sp³-hybridized carbons (Fsp3) is 0.643. The molecule has 0 atom stereocenters. The summed E-state index contributed by atoms with van der Waals surface area (Å²) >= 11 is 0. The first kappa shape index (κ1) is 14.6. The number of rotatable bonds is 7. The number of nitrogens with one attached hydrogen (secondary N) is 1. The minimum atomic E-state index is -0.444. The summed E-state index contributed by atoms with van der Waals surface area (Å²) in [5.74, 6) is 1.26. The highest BCUT2D eigenvalue weighted by molar-refractivity contribution is 5.49. The molecule has 0 aliphatic heterocycles. The van der Waals surface area contributed by atoms with Crippen LogP contribution >= 0.6 is 0 Å². The summed E-state index contributed by atoms with van der Waals surface area (Å²) in [5, 5.41) is 14.1. The maximum Gasteiger partial charge on any atom is 0.331 e. The molecule has 0 spiro atoms. The van der Waals surface area contributed by atoms with E-state index in [-0.39, 0.29) is 11.6 Å². The summed E-state index contributed by atoms with van der Waals surface area (Å²) in [4.78, 5) is 14.8. The Bertz CT molecular complexity index is 459. The highest BCUT2D eigenvalue weighted by atomic mass is 16.6. The number of hydrogen-bond donors (Lipinski definition) is 1. The van der Waals surface area contributed by atoms with Crippen LogP contribution in [0.3, 0.4) is 0 Å². The van der Waals surface area contributed by atoms with Crippen molar-refractivity contribution in [2.45, 2.75) is 39.0 Å². The lowest BCUT2D eigenvalue weighted by Gasteiger charge is -2.12. The van der Waals surface area contributed by atoms with E-state index < -0.39 is 4.92 Å². The van der Waals surface area contributed by atoms with Crippen LogP contribution in [-0.4, -0.2) is 23.1 Å². The molecule has 6 nitrogen and oxygen atoms in total. The van der Waals surface area contributed by atoms with Gasteiger partial charge in [-0.15, -0.1) is 0 Å². The van der Waals surface area contributed by atoms with Crippen molar-refractivity contribution in [3.8, 4) is 5.88 Å². The number of anilines is 1. The lowest BCUT2D eigenvalue weighted by Crippen LogP contribution is -2.11. The predicted octanol–water partition coefficient (Wildman–Crippen LogP) is 3.38. The Kier molecular flexibility index (Phi) is 5.15. The molecule has 2 rings (SSSR count). The topological polar surface area (TPSA) is 77.3 Å². The van der Waals surface area contributed by atoms with Gasteiger partial charge in [-0.3, -0.25) is 10.1 Å². The van der Waals surface area contributed by atoms with E-state index in [4.69, 9.17) is 4.74 Å². The normalized spacial score (nSPS) is 15.2. The third-order valence-electron chi connectivity index (χ3n) is 3.52. The molecule has 0 bridgehead atoms. The van der Waals surface area contributed by atoms with Gasteiger partial charge < -0.3 is 10.1 Å². The molecule has 20 heavy (non-hydrogen) atoms. The second kappa shape index (κ2) is 7.07. The van der Waals surface area contributed by atoms with Crippen molar-refractivity contribution in [3.63, 3.8) is 0 Å². The van der Waals surface area contributed by atoms with Crippen molar-refractivity contribution in [3.05, 3.63) is 22.2 Å². The molecular weight excluding hydrogens is 258 g/mol. The van der Waals surface area contributed by atoms with Crippen LogP contribution in [0.4, 0.5) is 11.5 Å². The number of aromatic nitrogens is 1. The van der Waals surface area contributed by atoms with Crippen molar-refractivity contribution in [2.24, 2.45) is 5.92 Å². The van der Waals surface area contributed by atoms with E-state index in [1.54, 1.807) is 6.07 Å². The molecule has 1 saturated carbocycles. The van der Waals surface area contributed by atoms with E-state index in [1.807, 2.05) is 0 Å². The second-order valence-corrected chi connectivity index (χ2v) is 5.17.